The number of allylic oxidation sites excluding steroid dienone is 1. The molecule has 0 saturated heterocycles. The second kappa shape index (κ2) is 8.53. The molecule has 3 aromatic rings. The number of rotatable bonds is 3. The fourth-order valence-corrected chi connectivity index (χ4v) is 5.22. The molecule has 0 fully saturated rings. The van der Waals surface area contributed by atoms with Gasteiger partial charge in [-0.15, -0.1) is 0 Å². The number of para-hydroxylation sites is 2. The molecule has 0 spiro atoms. The summed E-state index contributed by atoms with van der Waals surface area (Å²) >= 11 is 13.2. The standard InChI is InChI=1S/C26H22Cl2N2O2/c1-32-17-11-9-15(10-12-17)16-13-22-25(23(31)14-16)26(24-18(27)5-4-6-19(24)28)30-21-8-3-2-7-20(21)29-22/h2-12,16,26,29-30H,13-14H2,1H3/t16-,26-/m0/s1. The Hall–Kier alpha value is -2.95. The summed E-state index contributed by atoms with van der Waals surface area (Å²) in [5.74, 6) is 0.961. The van der Waals surface area contributed by atoms with Crippen molar-refractivity contribution in [2.45, 2.75) is 24.8 Å². The van der Waals surface area contributed by atoms with E-state index in [-0.39, 0.29) is 11.7 Å². The molecule has 0 unspecified atom stereocenters. The van der Waals surface area contributed by atoms with Gasteiger partial charge in [-0.3, -0.25) is 4.79 Å². The zero-order chi connectivity index (χ0) is 22.2. The highest BCUT2D eigenvalue weighted by molar-refractivity contribution is 6.36. The number of hydrogen-bond donors (Lipinski definition) is 2. The van der Waals surface area contributed by atoms with Crippen molar-refractivity contribution >= 4 is 40.4 Å². The van der Waals surface area contributed by atoms with Crippen molar-refractivity contribution in [1.29, 1.82) is 0 Å². The number of carbonyl (C=O) groups excluding carboxylic acids is 1. The van der Waals surface area contributed by atoms with Gasteiger partial charge < -0.3 is 15.4 Å². The van der Waals surface area contributed by atoms with Crippen LogP contribution in [0.2, 0.25) is 10.0 Å². The van der Waals surface area contributed by atoms with Gasteiger partial charge in [-0.1, -0.05) is 53.5 Å². The molecule has 3 aromatic carbocycles. The van der Waals surface area contributed by atoms with Gasteiger partial charge in [0.2, 0.25) is 0 Å². The summed E-state index contributed by atoms with van der Waals surface area (Å²) in [4.78, 5) is 13.6. The molecule has 6 heteroatoms. The summed E-state index contributed by atoms with van der Waals surface area (Å²) < 4.78 is 5.28. The van der Waals surface area contributed by atoms with Crippen molar-refractivity contribution in [2.24, 2.45) is 0 Å². The Labute approximate surface area is 197 Å². The number of ketones is 1. The highest BCUT2D eigenvalue weighted by Crippen LogP contribution is 2.46. The zero-order valence-corrected chi connectivity index (χ0v) is 19.0. The van der Waals surface area contributed by atoms with Gasteiger partial charge in [0.25, 0.3) is 0 Å². The summed E-state index contributed by atoms with van der Waals surface area (Å²) in [5, 5.41) is 8.14. The maximum absolute atomic E-state index is 13.6. The molecule has 1 aliphatic heterocycles. The highest BCUT2D eigenvalue weighted by Gasteiger charge is 2.37. The molecular formula is C26H22Cl2N2O2. The Morgan fingerprint density at radius 2 is 1.56 bits per heavy atom. The van der Waals surface area contributed by atoms with Gasteiger partial charge in [0.1, 0.15) is 5.75 Å². The van der Waals surface area contributed by atoms with Crippen LogP contribution in [0.1, 0.15) is 35.9 Å². The molecule has 0 radical (unpaired) electrons. The molecule has 162 valence electrons. The van der Waals surface area contributed by atoms with Gasteiger partial charge in [-0.25, -0.2) is 0 Å². The number of fused-ring (bicyclic) bond motifs is 1. The minimum absolute atomic E-state index is 0.0762. The minimum atomic E-state index is -0.438. The van der Waals surface area contributed by atoms with Crippen LogP contribution < -0.4 is 15.4 Å². The molecule has 32 heavy (non-hydrogen) atoms. The SMILES string of the molecule is COc1ccc([C@@H]2CC(=O)C3=C(C2)Nc2ccccc2N[C@H]3c2c(Cl)cccc2Cl)cc1. The third kappa shape index (κ3) is 3.74. The zero-order valence-electron chi connectivity index (χ0n) is 17.5. The highest BCUT2D eigenvalue weighted by atomic mass is 35.5. The number of nitrogens with one attached hydrogen (secondary N) is 2. The maximum Gasteiger partial charge on any atom is 0.163 e. The van der Waals surface area contributed by atoms with E-state index in [0.29, 0.717) is 28.5 Å². The van der Waals surface area contributed by atoms with Crippen LogP contribution in [0.5, 0.6) is 5.75 Å². The molecule has 0 aromatic heterocycles. The molecule has 1 heterocycles. The van der Waals surface area contributed by atoms with Crippen LogP contribution in [0.15, 0.2) is 78.0 Å². The third-order valence-electron chi connectivity index (χ3n) is 6.18. The van der Waals surface area contributed by atoms with Gasteiger partial charge in [0, 0.05) is 33.3 Å². The van der Waals surface area contributed by atoms with E-state index >= 15 is 0 Å². The van der Waals surface area contributed by atoms with Gasteiger partial charge in [0.05, 0.1) is 24.5 Å². The summed E-state index contributed by atoms with van der Waals surface area (Å²) in [6.45, 7) is 0. The normalized spacial score (nSPS) is 19.9. The first-order chi connectivity index (χ1) is 15.5. The molecule has 2 aliphatic rings. The second-order valence-corrected chi connectivity index (χ2v) is 8.89. The topological polar surface area (TPSA) is 50.4 Å². The summed E-state index contributed by atoms with van der Waals surface area (Å²) in [6.07, 6.45) is 1.13. The molecule has 5 rings (SSSR count). The van der Waals surface area contributed by atoms with E-state index in [9.17, 15) is 4.79 Å². The van der Waals surface area contributed by atoms with Crippen LogP contribution in [-0.4, -0.2) is 12.9 Å². The maximum atomic E-state index is 13.6. The average Bonchev–Trinajstić information content (AvgIpc) is 2.96. The van der Waals surface area contributed by atoms with E-state index in [2.05, 4.69) is 10.6 Å². The van der Waals surface area contributed by atoms with E-state index in [0.717, 1.165) is 33.9 Å². The van der Waals surface area contributed by atoms with Crippen LogP contribution in [0, 0.1) is 0 Å². The van der Waals surface area contributed by atoms with Crippen LogP contribution in [-0.2, 0) is 4.79 Å². The smallest absolute Gasteiger partial charge is 0.163 e. The van der Waals surface area contributed by atoms with Crippen LogP contribution in [0.4, 0.5) is 11.4 Å². The Bertz CT molecular complexity index is 1200. The Morgan fingerprint density at radius 3 is 2.25 bits per heavy atom. The number of anilines is 2. The molecule has 0 bridgehead atoms. The number of hydrogen-bond acceptors (Lipinski definition) is 4. The van der Waals surface area contributed by atoms with Crippen LogP contribution >= 0.6 is 23.2 Å². The lowest BCUT2D eigenvalue weighted by molar-refractivity contribution is -0.116. The van der Waals surface area contributed by atoms with E-state index in [1.807, 2.05) is 66.7 Å². The van der Waals surface area contributed by atoms with Crippen molar-refractivity contribution in [3.05, 3.63) is 99.2 Å². The molecule has 1 aliphatic carbocycles. The Balaban J connectivity index is 1.62. The molecule has 4 nitrogen and oxygen atoms in total. The van der Waals surface area contributed by atoms with Crippen molar-refractivity contribution < 1.29 is 9.53 Å². The van der Waals surface area contributed by atoms with E-state index < -0.39 is 6.04 Å². The predicted octanol–water partition coefficient (Wildman–Crippen LogP) is 6.98. The lowest BCUT2D eigenvalue weighted by atomic mass is 9.78. The first-order valence-corrected chi connectivity index (χ1v) is 11.3. The average molecular weight is 465 g/mol. The van der Waals surface area contributed by atoms with Gasteiger partial charge in [0.15, 0.2) is 5.78 Å². The Morgan fingerprint density at radius 1 is 0.875 bits per heavy atom. The van der Waals surface area contributed by atoms with Gasteiger partial charge >= 0.3 is 0 Å². The van der Waals surface area contributed by atoms with E-state index in [1.54, 1.807) is 7.11 Å². The fourth-order valence-electron chi connectivity index (χ4n) is 4.61. The van der Waals surface area contributed by atoms with Crippen molar-refractivity contribution in [3.63, 3.8) is 0 Å². The number of benzene rings is 3. The van der Waals surface area contributed by atoms with E-state index in [4.69, 9.17) is 27.9 Å². The molecule has 0 amide bonds. The number of carbonyl (C=O) groups is 1. The lowest BCUT2D eigenvalue weighted by Crippen LogP contribution is -2.27. The predicted molar refractivity (Wildman–Crippen MR) is 130 cm³/mol. The van der Waals surface area contributed by atoms with Crippen molar-refractivity contribution in [3.8, 4) is 5.75 Å². The number of ether oxygens (including phenoxy) is 1. The van der Waals surface area contributed by atoms with Crippen LogP contribution in [0.3, 0.4) is 0 Å². The van der Waals surface area contributed by atoms with Crippen molar-refractivity contribution in [1.82, 2.24) is 0 Å². The quantitative estimate of drug-likeness (QED) is 0.438. The summed E-state index contributed by atoms with van der Waals surface area (Å²) in [6, 6.07) is 20.9. The summed E-state index contributed by atoms with van der Waals surface area (Å²) in [5.41, 5.74) is 5.26. The molecular weight excluding hydrogens is 443 g/mol. The summed E-state index contributed by atoms with van der Waals surface area (Å²) in [7, 11) is 1.65. The van der Waals surface area contributed by atoms with Crippen molar-refractivity contribution in [2.75, 3.05) is 17.7 Å². The number of methoxy groups -OCH3 is 1. The molecule has 0 saturated carbocycles. The third-order valence-corrected chi connectivity index (χ3v) is 6.84. The minimum Gasteiger partial charge on any atom is -0.497 e. The lowest BCUT2D eigenvalue weighted by Gasteiger charge is -2.30. The molecule has 2 N–H and O–H groups in total. The van der Waals surface area contributed by atoms with E-state index in [1.165, 1.54) is 0 Å². The van der Waals surface area contributed by atoms with Crippen LogP contribution in [0.25, 0.3) is 0 Å². The first kappa shape index (κ1) is 20.9. The number of Topliss-reactive ketones (excluding diaryl/α,β-unsaturated/α-hetero) is 1. The van der Waals surface area contributed by atoms with Gasteiger partial charge in [-0.2, -0.15) is 0 Å². The Kier molecular flexibility index (Phi) is 5.58. The monoisotopic (exact) mass is 464 g/mol. The largest absolute Gasteiger partial charge is 0.497 e. The number of halogens is 2. The van der Waals surface area contributed by atoms with Gasteiger partial charge in [-0.05, 0) is 54.3 Å². The second-order valence-electron chi connectivity index (χ2n) is 8.08. The first-order valence-electron chi connectivity index (χ1n) is 10.5. The fraction of sp³-hybridized carbons (Fsp3) is 0.192. The molecule has 2 atom stereocenters.